The highest BCUT2D eigenvalue weighted by Crippen LogP contribution is 2.27. The number of hydrogen-bond donors (Lipinski definition) is 3. The molecule has 1 aromatic carbocycles. The van der Waals surface area contributed by atoms with Crippen LogP contribution in [-0.2, 0) is 16.0 Å². The Morgan fingerprint density at radius 1 is 1.23 bits per heavy atom. The Morgan fingerprint density at radius 3 is 2.58 bits per heavy atom. The van der Waals surface area contributed by atoms with Crippen LogP contribution in [0.1, 0.15) is 50.6 Å². The lowest BCUT2D eigenvalue weighted by atomic mass is 10.0. The fraction of sp³-hybridized carbons (Fsp3) is 0.526. The highest BCUT2D eigenvalue weighted by atomic mass is 32.1. The van der Waals surface area contributed by atoms with E-state index in [0.29, 0.717) is 25.3 Å². The van der Waals surface area contributed by atoms with Gasteiger partial charge in [0.2, 0.25) is 11.8 Å². The fourth-order valence-corrected chi connectivity index (χ4v) is 3.58. The van der Waals surface area contributed by atoms with E-state index >= 15 is 0 Å². The lowest BCUT2D eigenvalue weighted by Crippen LogP contribution is -2.51. The van der Waals surface area contributed by atoms with E-state index in [0.717, 1.165) is 15.2 Å². The molecule has 0 saturated heterocycles. The van der Waals surface area contributed by atoms with Crippen LogP contribution in [0.5, 0.6) is 0 Å². The fourth-order valence-electron chi connectivity index (χ4n) is 2.52. The molecule has 0 bridgehead atoms. The standard InChI is InChI=1S/C19H28N4O2S/c1-5-17(24)22-15(19(25)21-12(4)10-20)9-18-23-14-7-6-13(11(2)3)8-16(14)26-18/h6-8,11-12,15H,5,9-10,20H2,1-4H3,(H,21,25)(H,22,24). The number of hydrogen-bond acceptors (Lipinski definition) is 5. The van der Waals surface area contributed by atoms with Crippen LogP contribution in [0.15, 0.2) is 18.2 Å². The maximum atomic E-state index is 12.5. The average molecular weight is 377 g/mol. The molecule has 2 atom stereocenters. The minimum absolute atomic E-state index is 0.146. The Balaban J connectivity index is 2.21. The van der Waals surface area contributed by atoms with E-state index in [2.05, 4.69) is 41.6 Å². The largest absolute Gasteiger partial charge is 0.351 e. The van der Waals surface area contributed by atoms with Gasteiger partial charge in [-0.1, -0.05) is 26.8 Å². The topological polar surface area (TPSA) is 97.1 Å². The Morgan fingerprint density at radius 2 is 1.96 bits per heavy atom. The van der Waals surface area contributed by atoms with Gasteiger partial charge in [-0.3, -0.25) is 9.59 Å². The maximum Gasteiger partial charge on any atom is 0.243 e. The Labute approximate surface area is 158 Å². The number of carbonyl (C=O) groups is 2. The third-order valence-electron chi connectivity index (χ3n) is 4.22. The number of nitrogens with one attached hydrogen (secondary N) is 2. The van der Waals surface area contributed by atoms with Gasteiger partial charge in [-0.05, 0) is 30.5 Å². The minimum Gasteiger partial charge on any atom is -0.351 e. The monoisotopic (exact) mass is 376 g/mol. The molecule has 2 unspecified atom stereocenters. The van der Waals surface area contributed by atoms with Crippen molar-refractivity contribution in [2.24, 2.45) is 5.73 Å². The molecule has 7 heteroatoms. The zero-order valence-electron chi connectivity index (χ0n) is 15.8. The molecular formula is C19H28N4O2S. The molecule has 0 aliphatic heterocycles. The van der Waals surface area contributed by atoms with E-state index in [1.807, 2.05) is 13.0 Å². The van der Waals surface area contributed by atoms with Gasteiger partial charge in [0.15, 0.2) is 0 Å². The lowest BCUT2D eigenvalue weighted by Gasteiger charge is -2.19. The summed E-state index contributed by atoms with van der Waals surface area (Å²) in [4.78, 5) is 29.0. The number of aromatic nitrogens is 1. The van der Waals surface area contributed by atoms with Crippen LogP contribution >= 0.6 is 11.3 Å². The van der Waals surface area contributed by atoms with E-state index in [1.54, 1.807) is 18.3 Å². The number of amides is 2. The molecule has 0 fully saturated rings. The van der Waals surface area contributed by atoms with Crippen molar-refractivity contribution in [2.75, 3.05) is 6.54 Å². The molecule has 142 valence electrons. The Bertz CT molecular complexity index is 772. The van der Waals surface area contributed by atoms with Crippen LogP contribution in [0.25, 0.3) is 10.2 Å². The third-order valence-corrected chi connectivity index (χ3v) is 5.26. The predicted octanol–water partition coefficient (Wildman–Crippen LogP) is 2.32. The first-order valence-electron chi connectivity index (χ1n) is 9.03. The number of nitrogens with two attached hydrogens (primary N) is 1. The predicted molar refractivity (Wildman–Crippen MR) is 106 cm³/mol. The van der Waals surface area contributed by atoms with Gasteiger partial charge in [0, 0.05) is 25.4 Å². The molecule has 0 spiro atoms. The van der Waals surface area contributed by atoms with Crippen molar-refractivity contribution in [3.63, 3.8) is 0 Å². The number of thiazole rings is 1. The highest BCUT2D eigenvalue weighted by Gasteiger charge is 2.23. The van der Waals surface area contributed by atoms with Crippen molar-refractivity contribution in [1.29, 1.82) is 0 Å². The summed E-state index contributed by atoms with van der Waals surface area (Å²) in [6.07, 6.45) is 0.693. The van der Waals surface area contributed by atoms with Crippen LogP contribution in [-0.4, -0.2) is 35.4 Å². The highest BCUT2D eigenvalue weighted by molar-refractivity contribution is 7.18. The summed E-state index contributed by atoms with van der Waals surface area (Å²) in [7, 11) is 0. The minimum atomic E-state index is -0.651. The Kier molecular flexibility index (Phi) is 7.11. The number of carbonyl (C=O) groups excluding carboxylic acids is 2. The van der Waals surface area contributed by atoms with Crippen LogP contribution < -0.4 is 16.4 Å². The summed E-state index contributed by atoms with van der Waals surface area (Å²) in [5.41, 5.74) is 7.76. The van der Waals surface area contributed by atoms with Crippen molar-refractivity contribution in [3.05, 3.63) is 28.8 Å². The van der Waals surface area contributed by atoms with E-state index in [9.17, 15) is 9.59 Å². The van der Waals surface area contributed by atoms with Gasteiger partial charge in [0.25, 0.3) is 0 Å². The van der Waals surface area contributed by atoms with Gasteiger partial charge >= 0.3 is 0 Å². The molecular weight excluding hydrogens is 348 g/mol. The molecule has 2 rings (SSSR count). The van der Waals surface area contributed by atoms with Crippen molar-refractivity contribution in [1.82, 2.24) is 15.6 Å². The molecule has 6 nitrogen and oxygen atoms in total. The molecule has 1 heterocycles. The second-order valence-corrected chi connectivity index (χ2v) is 7.93. The summed E-state index contributed by atoms with van der Waals surface area (Å²) in [6, 6.07) is 5.45. The van der Waals surface area contributed by atoms with Gasteiger partial charge in [-0.15, -0.1) is 11.3 Å². The molecule has 1 aromatic heterocycles. The summed E-state index contributed by atoms with van der Waals surface area (Å²) in [6.45, 7) is 8.25. The van der Waals surface area contributed by atoms with Gasteiger partial charge in [0.1, 0.15) is 6.04 Å². The molecule has 2 aromatic rings. The normalized spacial score (nSPS) is 13.6. The van der Waals surface area contributed by atoms with E-state index in [1.165, 1.54) is 5.56 Å². The SMILES string of the molecule is CCC(=O)NC(Cc1nc2ccc(C(C)C)cc2s1)C(=O)NC(C)CN. The summed E-state index contributed by atoms with van der Waals surface area (Å²) < 4.78 is 1.10. The molecule has 0 radical (unpaired) electrons. The first-order valence-corrected chi connectivity index (χ1v) is 9.84. The summed E-state index contributed by atoms with van der Waals surface area (Å²) in [5.74, 6) is 0.0608. The maximum absolute atomic E-state index is 12.5. The molecule has 2 amide bonds. The summed E-state index contributed by atoms with van der Waals surface area (Å²) in [5, 5.41) is 6.46. The first kappa shape index (κ1) is 20.3. The first-order chi connectivity index (χ1) is 12.3. The molecule has 0 aliphatic carbocycles. The van der Waals surface area contributed by atoms with Gasteiger partial charge in [-0.25, -0.2) is 4.98 Å². The third kappa shape index (κ3) is 5.25. The number of benzene rings is 1. The average Bonchev–Trinajstić information content (AvgIpc) is 3.01. The second-order valence-electron chi connectivity index (χ2n) is 6.81. The van der Waals surface area contributed by atoms with Gasteiger partial charge < -0.3 is 16.4 Å². The van der Waals surface area contributed by atoms with Crippen molar-refractivity contribution in [3.8, 4) is 0 Å². The molecule has 4 N–H and O–H groups in total. The van der Waals surface area contributed by atoms with Crippen molar-refractivity contribution < 1.29 is 9.59 Å². The van der Waals surface area contributed by atoms with E-state index in [-0.39, 0.29) is 17.9 Å². The number of fused-ring (bicyclic) bond motifs is 1. The van der Waals surface area contributed by atoms with Crippen molar-refractivity contribution >= 4 is 33.4 Å². The van der Waals surface area contributed by atoms with Crippen LogP contribution in [0.3, 0.4) is 0 Å². The van der Waals surface area contributed by atoms with Crippen LogP contribution in [0.2, 0.25) is 0 Å². The smallest absolute Gasteiger partial charge is 0.243 e. The van der Waals surface area contributed by atoms with Gasteiger partial charge in [0.05, 0.1) is 15.2 Å². The van der Waals surface area contributed by atoms with E-state index < -0.39 is 6.04 Å². The van der Waals surface area contributed by atoms with Crippen LogP contribution in [0.4, 0.5) is 0 Å². The van der Waals surface area contributed by atoms with Crippen molar-refractivity contribution in [2.45, 2.75) is 58.5 Å². The second kappa shape index (κ2) is 9.09. The lowest BCUT2D eigenvalue weighted by molar-refractivity contribution is -0.129. The molecule has 0 saturated carbocycles. The van der Waals surface area contributed by atoms with Crippen LogP contribution in [0, 0.1) is 0 Å². The molecule has 0 aliphatic rings. The number of rotatable bonds is 8. The zero-order valence-corrected chi connectivity index (χ0v) is 16.7. The summed E-state index contributed by atoms with van der Waals surface area (Å²) >= 11 is 1.57. The van der Waals surface area contributed by atoms with E-state index in [4.69, 9.17) is 5.73 Å². The Hall–Kier alpha value is -1.99. The number of nitrogens with zero attached hydrogens (tertiary/aromatic N) is 1. The van der Waals surface area contributed by atoms with Gasteiger partial charge in [-0.2, -0.15) is 0 Å². The quantitative estimate of drug-likeness (QED) is 0.659. The zero-order chi connectivity index (χ0) is 19.3. The molecule has 26 heavy (non-hydrogen) atoms.